The Bertz CT molecular complexity index is 887. The second-order valence-electron chi connectivity index (χ2n) is 4.79. The maximum Gasteiger partial charge on any atom is 0.522 e. The third-order valence-corrected chi connectivity index (χ3v) is 3.05. The summed E-state index contributed by atoms with van der Waals surface area (Å²) >= 11 is 0. The van der Waals surface area contributed by atoms with E-state index in [-0.39, 0.29) is 17.0 Å². The zero-order valence-electron chi connectivity index (χ0n) is 12.0. The Balaban J connectivity index is 1.89. The molecule has 0 aromatic carbocycles. The van der Waals surface area contributed by atoms with Crippen molar-refractivity contribution in [3.05, 3.63) is 42.2 Å². The number of ether oxygens (including phenoxy) is 1. The van der Waals surface area contributed by atoms with Gasteiger partial charge in [-0.3, -0.25) is 19.1 Å². The lowest BCUT2D eigenvalue weighted by Gasteiger charge is -2.08. The van der Waals surface area contributed by atoms with E-state index in [0.29, 0.717) is 5.56 Å². The second-order valence-corrected chi connectivity index (χ2v) is 4.79. The van der Waals surface area contributed by atoms with Crippen LogP contribution in [0, 0.1) is 0 Å². The van der Waals surface area contributed by atoms with E-state index in [1.807, 2.05) is 0 Å². The molecule has 0 saturated carbocycles. The van der Waals surface area contributed by atoms with Gasteiger partial charge in [0.1, 0.15) is 0 Å². The summed E-state index contributed by atoms with van der Waals surface area (Å²) in [7, 11) is 0. The molecule has 3 rings (SSSR count). The summed E-state index contributed by atoms with van der Waals surface area (Å²) in [5.74, 6) is -1.21. The fourth-order valence-electron chi connectivity index (χ4n) is 1.96. The largest absolute Gasteiger partial charge is 0.522 e. The zero-order chi connectivity index (χ0) is 18.2. The topological polar surface area (TPSA) is 65.2 Å². The molecule has 0 aliphatic heterocycles. The highest BCUT2D eigenvalue weighted by Gasteiger charge is 2.37. The number of halogens is 6. The second kappa shape index (κ2) is 5.95. The SMILES string of the molecule is FC(F)(F)OCc1ccc(-c2cn3c(C(F)(F)F)nnc3cn2)cn1. The molecule has 3 heterocycles. The van der Waals surface area contributed by atoms with E-state index in [1.54, 1.807) is 0 Å². The number of fused-ring (bicyclic) bond motifs is 1. The molecule has 0 atom stereocenters. The van der Waals surface area contributed by atoms with Crippen molar-refractivity contribution < 1.29 is 31.1 Å². The number of alkyl halides is 6. The average molecular weight is 363 g/mol. The Kier molecular flexibility index (Phi) is 4.06. The van der Waals surface area contributed by atoms with E-state index in [2.05, 4.69) is 24.9 Å². The van der Waals surface area contributed by atoms with Gasteiger partial charge in [-0.15, -0.1) is 23.4 Å². The molecule has 0 bridgehead atoms. The molecule has 0 fully saturated rings. The standard InChI is InChI=1S/C13H7F6N5O/c14-12(15,16)11-23-22-10-4-21-9(5-24(10)11)7-1-2-8(20-3-7)6-25-13(17,18)19/h1-5H,6H2. The average Bonchev–Trinajstić information content (AvgIpc) is 2.96. The number of hydrogen-bond acceptors (Lipinski definition) is 5. The summed E-state index contributed by atoms with van der Waals surface area (Å²) in [6.45, 7) is -0.778. The monoisotopic (exact) mass is 363 g/mol. The molecule has 132 valence electrons. The van der Waals surface area contributed by atoms with E-state index < -0.39 is 25.0 Å². The van der Waals surface area contributed by atoms with Gasteiger partial charge in [0, 0.05) is 18.0 Å². The molecule has 0 N–H and O–H groups in total. The molecule has 0 saturated heterocycles. The summed E-state index contributed by atoms with van der Waals surface area (Å²) in [6, 6.07) is 2.62. The minimum Gasteiger partial charge on any atom is -0.285 e. The molecular formula is C13H7F6N5O. The number of rotatable bonds is 3. The van der Waals surface area contributed by atoms with Crippen molar-refractivity contribution >= 4 is 5.65 Å². The van der Waals surface area contributed by atoms with Gasteiger partial charge < -0.3 is 0 Å². The van der Waals surface area contributed by atoms with Crippen molar-refractivity contribution in [2.75, 3.05) is 0 Å². The summed E-state index contributed by atoms with van der Waals surface area (Å²) < 4.78 is 78.8. The predicted molar refractivity (Wildman–Crippen MR) is 69.9 cm³/mol. The van der Waals surface area contributed by atoms with Crippen LogP contribution in [0.2, 0.25) is 0 Å². The van der Waals surface area contributed by atoms with Crippen LogP contribution in [0.3, 0.4) is 0 Å². The first-order valence-corrected chi connectivity index (χ1v) is 6.57. The quantitative estimate of drug-likeness (QED) is 0.669. The molecule has 3 aromatic heterocycles. The van der Waals surface area contributed by atoms with Crippen LogP contribution in [0.5, 0.6) is 0 Å². The molecule has 3 aromatic rings. The van der Waals surface area contributed by atoms with Crippen LogP contribution in [-0.2, 0) is 17.5 Å². The maximum atomic E-state index is 12.9. The Morgan fingerprint density at radius 1 is 0.960 bits per heavy atom. The third kappa shape index (κ3) is 3.84. The number of nitrogens with zero attached hydrogens (tertiary/aromatic N) is 5. The number of hydrogen-bond donors (Lipinski definition) is 0. The van der Waals surface area contributed by atoms with Crippen molar-refractivity contribution in [1.82, 2.24) is 24.6 Å². The first-order valence-electron chi connectivity index (χ1n) is 6.57. The van der Waals surface area contributed by atoms with Crippen molar-refractivity contribution in [1.29, 1.82) is 0 Å². The van der Waals surface area contributed by atoms with Gasteiger partial charge in [-0.25, -0.2) is 0 Å². The van der Waals surface area contributed by atoms with Crippen LogP contribution >= 0.6 is 0 Å². The molecule has 0 amide bonds. The molecular weight excluding hydrogens is 356 g/mol. The molecule has 25 heavy (non-hydrogen) atoms. The zero-order valence-corrected chi connectivity index (χ0v) is 12.0. The number of pyridine rings is 1. The summed E-state index contributed by atoms with van der Waals surface area (Å²) in [5.41, 5.74) is 0.328. The Morgan fingerprint density at radius 2 is 1.72 bits per heavy atom. The molecule has 0 radical (unpaired) electrons. The number of aromatic nitrogens is 5. The molecule has 0 aliphatic carbocycles. The highest BCUT2D eigenvalue weighted by atomic mass is 19.4. The first-order chi connectivity index (χ1) is 11.6. The highest BCUT2D eigenvalue weighted by Crippen LogP contribution is 2.28. The first kappa shape index (κ1) is 17.1. The molecule has 0 unspecified atom stereocenters. The summed E-state index contributed by atoms with van der Waals surface area (Å²) in [5, 5.41) is 6.45. The minimum atomic E-state index is -4.78. The fourth-order valence-corrected chi connectivity index (χ4v) is 1.96. The maximum absolute atomic E-state index is 12.9. The van der Waals surface area contributed by atoms with Crippen LogP contribution < -0.4 is 0 Å². The van der Waals surface area contributed by atoms with Gasteiger partial charge in [0.2, 0.25) is 5.82 Å². The smallest absolute Gasteiger partial charge is 0.285 e. The summed E-state index contributed by atoms with van der Waals surface area (Å²) in [4.78, 5) is 7.71. The van der Waals surface area contributed by atoms with Gasteiger partial charge in [0.15, 0.2) is 5.65 Å². The summed E-state index contributed by atoms with van der Waals surface area (Å²) in [6.07, 6.45) is -6.13. The van der Waals surface area contributed by atoms with Gasteiger partial charge in [-0.2, -0.15) is 13.2 Å². The van der Waals surface area contributed by atoms with E-state index >= 15 is 0 Å². The highest BCUT2D eigenvalue weighted by molar-refractivity contribution is 5.58. The Labute approximate surface area is 135 Å². The molecule has 6 nitrogen and oxygen atoms in total. The predicted octanol–water partition coefficient (Wildman–Crippen LogP) is 3.24. The van der Waals surface area contributed by atoms with Gasteiger partial charge in [0.05, 0.1) is 24.2 Å². The van der Waals surface area contributed by atoms with E-state index in [9.17, 15) is 26.3 Å². The Morgan fingerprint density at radius 3 is 2.32 bits per heavy atom. The molecule has 12 heteroatoms. The molecule has 0 aliphatic rings. The van der Waals surface area contributed by atoms with Crippen LogP contribution in [-0.4, -0.2) is 30.9 Å². The van der Waals surface area contributed by atoms with E-state index in [0.717, 1.165) is 16.8 Å². The van der Waals surface area contributed by atoms with Crippen LogP contribution in [0.25, 0.3) is 16.9 Å². The Hall–Kier alpha value is -2.76. The lowest BCUT2D eigenvalue weighted by Crippen LogP contribution is -2.13. The van der Waals surface area contributed by atoms with E-state index in [4.69, 9.17) is 0 Å². The van der Waals surface area contributed by atoms with Crippen LogP contribution in [0.1, 0.15) is 11.5 Å². The van der Waals surface area contributed by atoms with Crippen LogP contribution in [0.15, 0.2) is 30.7 Å². The van der Waals surface area contributed by atoms with Crippen molar-refractivity contribution in [3.63, 3.8) is 0 Å². The van der Waals surface area contributed by atoms with Gasteiger partial charge in [-0.05, 0) is 12.1 Å². The third-order valence-electron chi connectivity index (χ3n) is 3.05. The molecule has 0 spiro atoms. The minimum absolute atomic E-state index is 0.00225. The fraction of sp³-hybridized carbons (Fsp3) is 0.231. The van der Waals surface area contributed by atoms with Gasteiger partial charge in [0.25, 0.3) is 0 Å². The van der Waals surface area contributed by atoms with Gasteiger partial charge in [-0.1, -0.05) is 0 Å². The lowest BCUT2D eigenvalue weighted by atomic mass is 10.2. The van der Waals surface area contributed by atoms with Crippen molar-refractivity contribution in [2.24, 2.45) is 0 Å². The van der Waals surface area contributed by atoms with Crippen molar-refractivity contribution in [2.45, 2.75) is 19.1 Å². The van der Waals surface area contributed by atoms with Gasteiger partial charge >= 0.3 is 12.5 Å². The van der Waals surface area contributed by atoms with Crippen molar-refractivity contribution in [3.8, 4) is 11.3 Å². The lowest BCUT2D eigenvalue weighted by molar-refractivity contribution is -0.330. The normalized spacial score (nSPS) is 12.7. The van der Waals surface area contributed by atoms with E-state index in [1.165, 1.54) is 18.3 Å². The van der Waals surface area contributed by atoms with Crippen LogP contribution in [0.4, 0.5) is 26.3 Å².